The van der Waals surface area contributed by atoms with Gasteiger partial charge < -0.3 is 19.9 Å². The molecule has 3 atom stereocenters. The van der Waals surface area contributed by atoms with Gasteiger partial charge >= 0.3 is 0 Å². The van der Waals surface area contributed by atoms with Crippen molar-refractivity contribution in [3.8, 4) is 0 Å². The fourth-order valence-corrected chi connectivity index (χ4v) is 3.53. The van der Waals surface area contributed by atoms with Gasteiger partial charge in [-0.15, -0.1) is 0 Å². The molecule has 0 fully saturated rings. The van der Waals surface area contributed by atoms with Crippen molar-refractivity contribution in [2.45, 2.75) is 32.0 Å². The van der Waals surface area contributed by atoms with Gasteiger partial charge in [0, 0.05) is 30.7 Å². The Labute approximate surface area is 166 Å². The number of amides is 1. The maximum atomic E-state index is 12.8. The highest BCUT2D eigenvalue weighted by Crippen LogP contribution is 2.39. The van der Waals surface area contributed by atoms with Crippen LogP contribution in [0.15, 0.2) is 72.5 Å². The Morgan fingerprint density at radius 2 is 1.79 bits per heavy atom. The third-order valence-electron chi connectivity index (χ3n) is 4.85. The van der Waals surface area contributed by atoms with Crippen molar-refractivity contribution >= 4 is 11.6 Å². The standard InChI is InChI=1S/C23H27NO4/c1-2-27-23-19(14-9-15-25)20(17-10-5-3-6-11-17)16-21(28-23)22(26)24-18-12-7-4-8-13-18/h3-8,10-13,16,19-20,23,25H,2,9,14-15H2,1H3,(H,24,26)/t19-,20-,23-/m0/s1. The Kier molecular flexibility index (Phi) is 7.23. The maximum absolute atomic E-state index is 12.8. The number of aliphatic hydroxyl groups is 1. The maximum Gasteiger partial charge on any atom is 0.290 e. The van der Waals surface area contributed by atoms with Crippen molar-refractivity contribution < 1.29 is 19.4 Å². The Morgan fingerprint density at radius 1 is 1.11 bits per heavy atom. The van der Waals surface area contributed by atoms with Crippen LogP contribution in [0.1, 0.15) is 31.2 Å². The zero-order valence-electron chi connectivity index (χ0n) is 16.1. The Balaban J connectivity index is 1.90. The molecule has 2 N–H and O–H groups in total. The van der Waals surface area contributed by atoms with E-state index in [1.807, 2.05) is 73.7 Å². The number of hydrogen-bond acceptors (Lipinski definition) is 4. The Bertz CT molecular complexity index is 776. The van der Waals surface area contributed by atoms with E-state index in [2.05, 4.69) is 5.32 Å². The van der Waals surface area contributed by atoms with Gasteiger partial charge in [-0.25, -0.2) is 0 Å². The lowest BCUT2D eigenvalue weighted by Crippen LogP contribution is -2.37. The topological polar surface area (TPSA) is 67.8 Å². The van der Waals surface area contributed by atoms with E-state index in [9.17, 15) is 9.90 Å². The fourth-order valence-electron chi connectivity index (χ4n) is 3.53. The van der Waals surface area contributed by atoms with Gasteiger partial charge in [-0.2, -0.15) is 0 Å². The second kappa shape index (κ2) is 10.1. The van der Waals surface area contributed by atoms with E-state index >= 15 is 0 Å². The van der Waals surface area contributed by atoms with Crippen LogP contribution in [0.4, 0.5) is 5.69 Å². The van der Waals surface area contributed by atoms with Gasteiger partial charge in [0.25, 0.3) is 5.91 Å². The van der Waals surface area contributed by atoms with Crippen LogP contribution in [0.25, 0.3) is 0 Å². The summed E-state index contributed by atoms with van der Waals surface area (Å²) in [5, 5.41) is 12.2. The molecule has 0 aromatic heterocycles. The molecule has 3 rings (SSSR count). The molecule has 1 heterocycles. The zero-order chi connectivity index (χ0) is 19.8. The van der Waals surface area contributed by atoms with E-state index in [0.717, 1.165) is 12.0 Å². The lowest BCUT2D eigenvalue weighted by molar-refractivity contribution is -0.165. The summed E-state index contributed by atoms with van der Waals surface area (Å²) < 4.78 is 11.8. The molecule has 1 aliphatic heterocycles. The molecule has 0 saturated carbocycles. The predicted octanol–water partition coefficient (Wildman–Crippen LogP) is 4.07. The molecule has 0 spiro atoms. The molecule has 0 radical (unpaired) electrons. The van der Waals surface area contributed by atoms with E-state index in [4.69, 9.17) is 9.47 Å². The smallest absolute Gasteiger partial charge is 0.290 e. The number of anilines is 1. The summed E-state index contributed by atoms with van der Waals surface area (Å²) in [6.45, 7) is 2.50. The quantitative estimate of drug-likeness (QED) is 0.723. The van der Waals surface area contributed by atoms with Crippen LogP contribution in [0.2, 0.25) is 0 Å². The first-order valence-corrected chi connectivity index (χ1v) is 9.75. The summed E-state index contributed by atoms with van der Waals surface area (Å²) in [4.78, 5) is 12.8. The van der Waals surface area contributed by atoms with E-state index in [1.54, 1.807) is 0 Å². The average Bonchev–Trinajstić information content (AvgIpc) is 2.74. The van der Waals surface area contributed by atoms with Crippen LogP contribution in [0, 0.1) is 5.92 Å². The molecule has 0 unspecified atom stereocenters. The minimum atomic E-state index is -0.539. The molecular weight excluding hydrogens is 354 g/mol. The van der Waals surface area contributed by atoms with Crippen molar-refractivity contribution in [3.63, 3.8) is 0 Å². The van der Waals surface area contributed by atoms with E-state index < -0.39 is 6.29 Å². The molecule has 28 heavy (non-hydrogen) atoms. The monoisotopic (exact) mass is 381 g/mol. The SMILES string of the molecule is CCO[C@H]1OC(C(=O)Nc2ccccc2)=C[C@@H](c2ccccc2)[C@@H]1CCCO. The van der Waals surface area contributed by atoms with Gasteiger partial charge in [0.15, 0.2) is 5.76 Å². The van der Waals surface area contributed by atoms with Crippen molar-refractivity contribution in [2.75, 3.05) is 18.5 Å². The van der Waals surface area contributed by atoms with Crippen molar-refractivity contribution in [2.24, 2.45) is 5.92 Å². The second-order valence-electron chi connectivity index (χ2n) is 6.76. The fraction of sp³-hybridized carbons (Fsp3) is 0.348. The number of ether oxygens (including phenoxy) is 2. The van der Waals surface area contributed by atoms with E-state index in [-0.39, 0.29) is 30.1 Å². The molecule has 2 aromatic carbocycles. The Morgan fingerprint density at radius 3 is 2.43 bits per heavy atom. The molecule has 0 bridgehead atoms. The first-order chi connectivity index (χ1) is 13.7. The number of hydrogen-bond donors (Lipinski definition) is 2. The van der Waals surface area contributed by atoms with Crippen molar-refractivity contribution in [1.82, 2.24) is 0 Å². The van der Waals surface area contributed by atoms with Crippen LogP contribution in [0.3, 0.4) is 0 Å². The van der Waals surface area contributed by atoms with Crippen molar-refractivity contribution in [3.05, 3.63) is 78.1 Å². The first-order valence-electron chi connectivity index (χ1n) is 9.75. The van der Waals surface area contributed by atoms with Gasteiger partial charge in [-0.3, -0.25) is 4.79 Å². The second-order valence-corrected chi connectivity index (χ2v) is 6.76. The third-order valence-corrected chi connectivity index (χ3v) is 4.85. The van der Waals surface area contributed by atoms with Crippen LogP contribution in [-0.4, -0.2) is 30.5 Å². The van der Waals surface area contributed by atoms with Crippen LogP contribution in [0.5, 0.6) is 0 Å². The first kappa shape index (κ1) is 20.1. The lowest BCUT2D eigenvalue weighted by atomic mass is 9.80. The number of allylic oxidation sites excluding steroid dienone is 1. The highest BCUT2D eigenvalue weighted by molar-refractivity contribution is 6.02. The summed E-state index contributed by atoms with van der Waals surface area (Å²) in [6.07, 6.45) is 2.74. The number of aliphatic hydroxyl groups excluding tert-OH is 1. The molecule has 148 valence electrons. The molecule has 0 aliphatic carbocycles. The molecule has 0 saturated heterocycles. The predicted molar refractivity (Wildman–Crippen MR) is 109 cm³/mol. The van der Waals surface area contributed by atoms with E-state index in [1.165, 1.54) is 0 Å². The van der Waals surface area contributed by atoms with E-state index in [0.29, 0.717) is 18.7 Å². The average molecular weight is 381 g/mol. The van der Waals surface area contributed by atoms with Gasteiger partial charge in [0.2, 0.25) is 6.29 Å². The number of nitrogens with one attached hydrogen (secondary N) is 1. The summed E-state index contributed by atoms with van der Waals surface area (Å²) >= 11 is 0. The highest BCUT2D eigenvalue weighted by atomic mass is 16.7. The van der Waals surface area contributed by atoms with Gasteiger partial charge in [-0.05, 0) is 43.5 Å². The normalized spacial score (nSPS) is 21.5. The number of rotatable bonds is 8. The minimum absolute atomic E-state index is 0.0165. The van der Waals surface area contributed by atoms with Crippen LogP contribution in [-0.2, 0) is 14.3 Å². The lowest BCUT2D eigenvalue weighted by Gasteiger charge is -2.37. The van der Waals surface area contributed by atoms with Crippen LogP contribution < -0.4 is 5.32 Å². The largest absolute Gasteiger partial charge is 0.459 e. The number of para-hydroxylation sites is 1. The van der Waals surface area contributed by atoms with Crippen molar-refractivity contribution in [1.29, 1.82) is 0 Å². The highest BCUT2D eigenvalue weighted by Gasteiger charge is 2.37. The van der Waals surface area contributed by atoms with Gasteiger partial charge in [-0.1, -0.05) is 48.5 Å². The third kappa shape index (κ3) is 5.00. The van der Waals surface area contributed by atoms with Gasteiger partial charge in [0.05, 0.1) is 0 Å². The summed E-state index contributed by atoms with van der Waals surface area (Å²) in [5.41, 5.74) is 1.81. The summed E-state index contributed by atoms with van der Waals surface area (Å²) in [7, 11) is 0. The molecule has 1 amide bonds. The molecular formula is C23H27NO4. The minimum Gasteiger partial charge on any atom is -0.459 e. The molecule has 1 aliphatic rings. The molecule has 5 nitrogen and oxygen atoms in total. The zero-order valence-corrected chi connectivity index (χ0v) is 16.1. The number of carbonyl (C=O) groups excluding carboxylic acids is 1. The van der Waals surface area contributed by atoms with Gasteiger partial charge in [0.1, 0.15) is 0 Å². The van der Waals surface area contributed by atoms with Crippen LogP contribution >= 0.6 is 0 Å². The Hall–Kier alpha value is -2.63. The summed E-state index contributed by atoms with van der Waals surface area (Å²) in [6, 6.07) is 19.3. The summed E-state index contributed by atoms with van der Waals surface area (Å²) in [5.74, 6) is -0.0498. The molecule has 5 heteroatoms. The molecule has 2 aromatic rings. The number of carbonyl (C=O) groups is 1. The number of benzene rings is 2.